The molecule has 136 valence electrons. The summed E-state index contributed by atoms with van der Waals surface area (Å²) < 4.78 is 5.44. The molecule has 1 fully saturated rings. The number of esters is 1. The van der Waals surface area contributed by atoms with Crippen LogP contribution in [0.3, 0.4) is 0 Å². The summed E-state index contributed by atoms with van der Waals surface area (Å²) in [7, 11) is 0. The first-order chi connectivity index (χ1) is 12.6. The van der Waals surface area contributed by atoms with Gasteiger partial charge >= 0.3 is 5.97 Å². The SMILES string of the molecule is CC(OC(=O)C1CCCCC1)C(=O)c1ccc(Sc2ccccc2)cc1. The van der Waals surface area contributed by atoms with Crippen LogP contribution in [0.1, 0.15) is 49.4 Å². The second kappa shape index (κ2) is 9.04. The highest BCUT2D eigenvalue weighted by Gasteiger charge is 2.26. The van der Waals surface area contributed by atoms with Crippen molar-refractivity contribution < 1.29 is 14.3 Å². The van der Waals surface area contributed by atoms with Gasteiger partial charge in [0.15, 0.2) is 6.10 Å². The molecule has 1 aliphatic rings. The third kappa shape index (κ3) is 4.98. The number of carbonyl (C=O) groups excluding carboxylic acids is 2. The zero-order valence-electron chi connectivity index (χ0n) is 15.0. The molecule has 1 unspecified atom stereocenters. The highest BCUT2D eigenvalue weighted by molar-refractivity contribution is 7.99. The van der Waals surface area contributed by atoms with Gasteiger partial charge in [-0.05, 0) is 44.0 Å². The molecule has 4 heteroatoms. The van der Waals surface area contributed by atoms with Gasteiger partial charge in [-0.3, -0.25) is 9.59 Å². The highest BCUT2D eigenvalue weighted by atomic mass is 32.2. The molecule has 2 aromatic rings. The van der Waals surface area contributed by atoms with Crippen LogP contribution in [-0.2, 0) is 9.53 Å². The van der Waals surface area contributed by atoms with Crippen LogP contribution >= 0.6 is 11.8 Å². The fraction of sp³-hybridized carbons (Fsp3) is 0.364. The summed E-state index contributed by atoms with van der Waals surface area (Å²) in [4.78, 5) is 27.0. The monoisotopic (exact) mass is 368 g/mol. The van der Waals surface area contributed by atoms with E-state index in [2.05, 4.69) is 12.1 Å². The number of ether oxygens (including phenoxy) is 1. The van der Waals surface area contributed by atoms with Crippen LogP contribution in [0.4, 0.5) is 0 Å². The zero-order chi connectivity index (χ0) is 18.4. The minimum atomic E-state index is -0.739. The molecule has 2 aromatic carbocycles. The van der Waals surface area contributed by atoms with Crippen LogP contribution < -0.4 is 0 Å². The Hall–Kier alpha value is -2.07. The fourth-order valence-electron chi connectivity index (χ4n) is 3.21. The minimum Gasteiger partial charge on any atom is -0.454 e. The van der Waals surface area contributed by atoms with Crippen molar-refractivity contribution in [2.45, 2.75) is 54.9 Å². The maximum Gasteiger partial charge on any atom is 0.309 e. The summed E-state index contributed by atoms with van der Waals surface area (Å²) in [5.41, 5.74) is 0.575. The van der Waals surface area contributed by atoms with Crippen LogP contribution in [0, 0.1) is 5.92 Å². The first-order valence-corrected chi connectivity index (χ1v) is 10.0. The van der Waals surface area contributed by atoms with Gasteiger partial charge in [0.25, 0.3) is 0 Å². The number of benzene rings is 2. The van der Waals surface area contributed by atoms with Crippen LogP contribution in [0.5, 0.6) is 0 Å². The van der Waals surface area contributed by atoms with E-state index in [9.17, 15) is 9.59 Å². The van der Waals surface area contributed by atoms with Gasteiger partial charge in [-0.1, -0.05) is 61.4 Å². The standard InChI is InChI=1S/C22H24O3S/c1-16(25-22(24)18-8-4-2-5-9-18)21(23)17-12-14-20(15-13-17)26-19-10-6-3-7-11-19/h3,6-7,10-16,18H,2,4-5,8-9H2,1H3. The Balaban J connectivity index is 1.57. The average molecular weight is 368 g/mol. The number of rotatable bonds is 6. The fourth-order valence-corrected chi connectivity index (χ4v) is 4.05. The number of hydrogen-bond acceptors (Lipinski definition) is 4. The van der Waals surface area contributed by atoms with Crippen molar-refractivity contribution in [1.29, 1.82) is 0 Å². The predicted molar refractivity (Wildman–Crippen MR) is 103 cm³/mol. The lowest BCUT2D eigenvalue weighted by Gasteiger charge is -2.22. The molecule has 3 nitrogen and oxygen atoms in total. The molecule has 0 bridgehead atoms. The summed E-state index contributed by atoms with van der Waals surface area (Å²) >= 11 is 1.65. The first-order valence-electron chi connectivity index (χ1n) is 9.21. The molecule has 0 spiro atoms. The van der Waals surface area contributed by atoms with Crippen molar-refractivity contribution in [3.63, 3.8) is 0 Å². The van der Waals surface area contributed by atoms with Crippen LogP contribution in [0.15, 0.2) is 64.4 Å². The number of hydrogen-bond donors (Lipinski definition) is 0. The maximum absolute atomic E-state index is 12.5. The second-order valence-corrected chi connectivity index (χ2v) is 7.86. The van der Waals surface area contributed by atoms with Crippen molar-refractivity contribution in [1.82, 2.24) is 0 Å². The van der Waals surface area contributed by atoms with Crippen molar-refractivity contribution in [2.75, 3.05) is 0 Å². The molecular weight excluding hydrogens is 344 g/mol. The Morgan fingerprint density at radius 1 is 0.923 bits per heavy atom. The van der Waals surface area contributed by atoms with Gasteiger partial charge in [0.05, 0.1) is 5.92 Å². The molecule has 0 saturated heterocycles. The van der Waals surface area contributed by atoms with Gasteiger partial charge in [-0.25, -0.2) is 0 Å². The van der Waals surface area contributed by atoms with E-state index in [4.69, 9.17) is 4.74 Å². The Morgan fingerprint density at radius 3 is 2.19 bits per heavy atom. The van der Waals surface area contributed by atoms with Crippen molar-refractivity contribution in [3.8, 4) is 0 Å². The summed E-state index contributed by atoms with van der Waals surface area (Å²) in [6.07, 6.45) is 4.35. The molecule has 26 heavy (non-hydrogen) atoms. The van der Waals surface area contributed by atoms with Gasteiger partial charge in [0, 0.05) is 15.4 Å². The average Bonchev–Trinajstić information content (AvgIpc) is 2.69. The van der Waals surface area contributed by atoms with E-state index in [1.807, 2.05) is 30.3 Å². The van der Waals surface area contributed by atoms with E-state index in [1.54, 1.807) is 30.8 Å². The Kier molecular flexibility index (Phi) is 6.51. The van der Waals surface area contributed by atoms with E-state index in [0.717, 1.165) is 35.5 Å². The second-order valence-electron chi connectivity index (χ2n) is 6.72. The summed E-state index contributed by atoms with van der Waals surface area (Å²) in [5.74, 6) is -0.407. The Labute approximate surface area is 159 Å². The molecular formula is C22H24O3S. The van der Waals surface area contributed by atoms with E-state index >= 15 is 0 Å². The van der Waals surface area contributed by atoms with Crippen LogP contribution in [-0.4, -0.2) is 17.9 Å². The van der Waals surface area contributed by atoms with E-state index in [-0.39, 0.29) is 17.7 Å². The molecule has 3 rings (SSSR count). The van der Waals surface area contributed by atoms with Gasteiger partial charge in [0.2, 0.25) is 5.78 Å². The molecule has 0 aromatic heterocycles. The van der Waals surface area contributed by atoms with Crippen molar-refractivity contribution in [3.05, 3.63) is 60.2 Å². The number of Topliss-reactive ketones (excluding diaryl/α,β-unsaturated/α-hetero) is 1. The Morgan fingerprint density at radius 2 is 1.54 bits per heavy atom. The number of carbonyl (C=O) groups is 2. The van der Waals surface area contributed by atoms with E-state index < -0.39 is 6.10 Å². The Bertz CT molecular complexity index is 734. The van der Waals surface area contributed by atoms with Gasteiger partial charge in [0.1, 0.15) is 0 Å². The van der Waals surface area contributed by atoms with Crippen molar-refractivity contribution in [2.24, 2.45) is 5.92 Å². The number of ketones is 1. The highest BCUT2D eigenvalue weighted by Crippen LogP contribution is 2.28. The quantitative estimate of drug-likeness (QED) is 0.496. The smallest absolute Gasteiger partial charge is 0.309 e. The molecule has 0 amide bonds. The lowest BCUT2D eigenvalue weighted by atomic mass is 9.89. The molecule has 0 heterocycles. The van der Waals surface area contributed by atoms with E-state index in [1.165, 1.54) is 6.42 Å². The maximum atomic E-state index is 12.5. The van der Waals surface area contributed by atoms with Gasteiger partial charge < -0.3 is 4.74 Å². The molecule has 1 saturated carbocycles. The van der Waals surface area contributed by atoms with Gasteiger partial charge in [-0.2, -0.15) is 0 Å². The molecule has 0 N–H and O–H groups in total. The molecule has 0 radical (unpaired) electrons. The third-order valence-electron chi connectivity index (χ3n) is 4.72. The zero-order valence-corrected chi connectivity index (χ0v) is 15.8. The molecule has 1 aliphatic carbocycles. The molecule has 0 aliphatic heterocycles. The first kappa shape index (κ1) is 18.7. The largest absolute Gasteiger partial charge is 0.454 e. The summed E-state index contributed by atoms with van der Waals surface area (Å²) in [5, 5.41) is 0. The van der Waals surface area contributed by atoms with Crippen LogP contribution in [0.2, 0.25) is 0 Å². The minimum absolute atomic E-state index is 0.0383. The van der Waals surface area contributed by atoms with Crippen LogP contribution in [0.25, 0.3) is 0 Å². The van der Waals surface area contributed by atoms with Crippen molar-refractivity contribution >= 4 is 23.5 Å². The normalized spacial score (nSPS) is 16.0. The topological polar surface area (TPSA) is 43.4 Å². The van der Waals surface area contributed by atoms with E-state index in [0.29, 0.717) is 5.56 Å². The summed E-state index contributed by atoms with van der Waals surface area (Å²) in [6, 6.07) is 17.6. The van der Waals surface area contributed by atoms with Gasteiger partial charge in [-0.15, -0.1) is 0 Å². The lowest BCUT2D eigenvalue weighted by Crippen LogP contribution is -2.29. The predicted octanol–water partition coefficient (Wildman–Crippen LogP) is 5.53. The third-order valence-corrected chi connectivity index (χ3v) is 5.73. The molecule has 1 atom stereocenters. The summed E-state index contributed by atoms with van der Waals surface area (Å²) in [6.45, 7) is 1.66. The lowest BCUT2D eigenvalue weighted by molar-refractivity contribution is -0.152.